The molecule has 3 atom stereocenters. The first-order valence-electron chi connectivity index (χ1n) is 12.3. The molecule has 170 valence electrons. The van der Waals surface area contributed by atoms with Crippen LogP contribution in [-0.2, 0) is 6.54 Å². The lowest BCUT2D eigenvalue weighted by Gasteiger charge is -2.50. The number of piperidine rings is 1. The maximum Gasteiger partial charge on any atom is 0.227 e. The maximum atomic E-state index is 11.1. The number of hydrogen-bond acceptors (Lipinski definition) is 5. The minimum atomic E-state index is -0.787. The Kier molecular flexibility index (Phi) is 7.02. The van der Waals surface area contributed by atoms with Gasteiger partial charge in [-0.05, 0) is 51.5 Å². The van der Waals surface area contributed by atoms with Gasteiger partial charge >= 0.3 is 0 Å². The van der Waals surface area contributed by atoms with E-state index < -0.39 is 6.35 Å². The summed E-state index contributed by atoms with van der Waals surface area (Å²) < 4.78 is 0. The van der Waals surface area contributed by atoms with Crippen LogP contribution in [0.3, 0.4) is 0 Å². The molecule has 5 heteroatoms. The summed E-state index contributed by atoms with van der Waals surface area (Å²) in [6.45, 7) is 8.58. The highest BCUT2D eigenvalue weighted by Crippen LogP contribution is 2.42. The van der Waals surface area contributed by atoms with Crippen molar-refractivity contribution in [2.24, 2.45) is 4.99 Å². The van der Waals surface area contributed by atoms with E-state index in [1.807, 2.05) is 0 Å². The summed E-state index contributed by atoms with van der Waals surface area (Å²) in [5, 5.41) is 14.9. The molecule has 1 aliphatic carbocycles. The van der Waals surface area contributed by atoms with Crippen LogP contribution in [0, 0.1) is 0 Å². The fourth-order valence-electron chi connectivity index (χ4n) is 5.93. The minimum Gasteiger partial charge on any atom is -0.369 e. The Balaban J connectivity index is 1.58. The van der Waals surface area contributed by atoms with Gasteiger partial charge in [-0.1, -0.05) is 62.6 Å². The number of rotatable bonds is 5. The summed E-state index contributed by atoms with van der Waals surface area (Å²) >= 11 is 0. The second kappa shape index (κ2) is 9.74. The zero-order valence-corrected chi connectivity index (χ0v) is 19.6. The largest absolute Gasteiger partial charge is 0.369 e. The number of allylic oxidation sites excluding steroid dienone is 2. The lowest BCUT2D eigenvalue weighted by molar-refractivity contribution is -0.0306. The molecule has 0 amide bonds. The fraction of sp³-hybridized carbons (Fsp3) is 0.654. The SMILES string of the molecule is C/C=C(\CC)N1C(O)N=C(NC2CCCCC2)C12CCN(Cc1ccccc1)C(C)C2. The van der Waals surface area contributed by atoms with Crippen LogP contribution in [-0.4, -0.2) is 51.3 Å². The van der Waals surface area contributed by atoms with E-state index in [1.165, 1.54) is 43.4 Å². The van der Waals surface area contributed by atoms with E-state index in [0.29, 0.717) is 12.1 Å². The molecule has 3 aliphatic rings. The van der Waals surface area contributed by atoms with Crippen LogP contribution in [0.4, 0.5) is 0 Å². The Hall–Kier alpha value is -1.85. The molecule has 0 radical (unpaired) electrons. The van der Waals surface area contributed by atoms with Gasteiger partial charge in [-0.3, -0.25) is 4.90 Å². The number of nitrogens with one attached hydrogen (secondary N) is 1. The molecule has 1 aromatic rings. The van der Waals surface area contributed by atoms with Gasteiger partial charge in [0.15, 0.2) is 0 Å². The van der Waals surface area contributed by atoms with E-state index in [0.717, 1.165) is 38.2 Å². The third-order valence-corrected chi connectivity index (χ3v) is 7.63. The smallest absolute Gasteiger partial charge is 0.227 e. The molecular formula is C26H40N4O. The quantitative estimate of drug-likeness (QED) is 0.723. The zero-order chi connectivity index (χ0) is 21.8. The third kappa shape index (κ3) is 4.54. The summed E-state index contributed by atoms with van der Waals surface area (Å²) in [5.41, 5.74) is 2.33. The van der Waals surface area contributed by atoms with E-state index >= 15 is 0 Å². The first-order valence-corrected chi connectivity index (χ1v) is 12.3. The summed E-state index contributed by atoms with van der Waals surface area (Å²) in [7, 11) is 0. The lowest BCUT2D eigenvalue weighted by atomic mass is 9.80. The van der Waals surface area contributed by atoms with Crippen molar-refractivity contribution >= 4 is 5.84 Å². The van der Waals surface area contributed by atoms with Crippen LogP contribution in [0.2, 0.25) is 0 Å². The lowest BCUT2D eigenvalue weighted by Crippen LogP contribution is -2.63. The van der Waals surface area contributed by atoms with E-state index in [4.69, 9.17) is 4.99 Å². The van der Waals surface area contributed by atoms with Gasteiger partial charge in [0.05, 0.1) is 0 Å². The fourth-order valence-corrected chi connectivity index (χ4v) is 5.93. The molecule has 1 saturated heterocycles. The maximum absolute atomic E-state index is 11.1. The van der Waals surface area contributed by atoms with Gasteiger partial charge in [-0.25, -0.2) is 4.99 Å². The number of aliphatic hydroxyl groups excluding tert-OH is 1. The van der Waals surface area contributed by atoms with Gasteiger partial charge in [0.2, 0.25) is 6.35 Å². The zero-order valence-electron chi connectivity index (χ0n) is 19.6. The van der Waals surface area contributed by atoms with E-state index in [1.54, 1.807) is 0 Å². The normalized spacial score (nSPS) is 30.6. The highest BCUT2D eigenvalue weighted by molar-refractivity contribution is 5.94. The predicted molar refractivity (Wildman–Crippen MR) is 128 cm³/mol. The molecule has 2 aliphatic heterocycles. The van der Waals surface area contributed by atoms with Crippen molar-refractivity contribution in [3.05, 3.63) is 47.7 Å². The van der Waals surface area contributed by atoms with Crippen LogP contribution in [0.5, 0.6) is 0 Å². The van der Waals surface area contributed by atoms with Crippen LogP contribution in [0.25, 0.3) is 0 Å². The standard InChI is InChI=1S/C26H40N4O/c1-4-23(5-2)30-25(31)28-24(27-22-14-10-7-11-15-22)26(30)16-17-29(20(3)18-26)19-21-12-8-6-9-13-21/h4,6,8-9,12-13,20,22,25,31H,5,7,10-11,14-19H2,1-3H3,(H,27,28)/b23-4+. The average Bonchev–Trinajstić information content (AvgIpc) is 3.04. The van der Waals surface area contributed by atoms with Crippen molar-refractivity contribution in [2.75, 3.05) is 6.54 Å². The number of nitrogens with zero attached hydrogens (tertiary/aromatic N) is 3. The third-order valence-electron chi connectivity index (χ3n) is 7.63. The minimum absolute atomic E-state index is 0.235. The molecule has 0 aromatic heterocycles. The molecule has 5 nitrogen and oxygen atoms in total. The molecule has 1 spiro atoms. The van der Waals surface area contributed by atoms with Gasteiger partial charge in [-0.15, -0.1) is 0 Å². The van der Waals surface area contributed by atoms with Crippen molar-refractivity contribution in [3.8, 4) is 0 Å². The highest BCUT2D eigenvalue weighted by atomic mass is 16.3. The second-order valence-corrected chi connectivity index (χ2v) is 9.60. The molecule has 0 bridgehead atoms. The number of aliphatic hydroxyl groups is 1. The van der Waals surface area contributed by atoms with Crippen molar-refractivity contribution in [3.63, 3.8) is 0 Å². The van der Waals surface area contributed by atoms with Gasteiger partial charge < -0.3 is 15.3 Å². The molecule has 2 N–H and O–H groups in total. The number of benzene rings is 1. The Morgan fingerprint density at radius 3 is 2.61 bits per heavy atom. The van der Waals surface area contributed by atoms with Gasteiger partial charge in [0.1, 0.15) is 11.4 Å². The Morgan fingerprint density at radius 1 is 1.23 bits per heavy atom. The van der Waals surface area contributed by atoms with Gasteiger partial charge in [0, 0.05) is 30.9 Å². The number of amidine groups is 1. The van der Waals surface area contributed by atoms with Crippen LogP contribution >= 0.6 is 0 Å². The first kappa shape index (κ1) is 22.3. The Bertz CT molecular complexity index is 786. The summed E-state index contributed by atoms with van der Waals surface area (Å²) in [4.78, 5) is 9.65. The van der Waals surface area contributed by atoms with Crippen molar-refractivity contribution in [2.45, 2.75) is 103 Å². The monoisotopic (exact) mass is 424 g/mol. The summed E-state index contributed by atoms with van der Waals surface area (Å²) in [6, 6.07) is 11.7. The molecule has 31 heavy (non-hydrogen) atoms. The van der Waals surface area contributed by atoms with Crippen LogP contribution < -0.4 is 5.32 Å². The van der Waals surface area contributed by atoms with Gasteiger partial charge in [0.25, 0.3) is 0 Å². The molecule has 4 rings (SSSR count). The van der Waals surface area contributed by atoms with E-state index in [-0.39, 0.29) is 5.54 Å². The van der Waals surface area contributed by atoms with Gasteiger partial charge in [-0.2, -0.15) is 0 Å². The van der Waals surface area contributed by atoms with Crippen LogP contribution in [0.1, 0.15) is 77.7 Å². The topological polar surface area (TPSA) is 51.1 Å². The molecule has 3 unspecified atom stereocenters. The average molecular weight is 425 g/mol. The summed E-state index contributed by atoms with van der Waals surface area (Å²) in [5.74, 6) is 1.03. The molecule has 1 saturated carbocycles. The highest BCUT2D eigenvalue weighted by Gasteiger charge is 2.53. The molecule has 1 aromatic carbocycles. The second-order valence-electron chi connectivity index (χ2n) is 9.60. The number of hydrogen-bond donors (Lipinski definition) is 2. The van der Waals surface area contributed by atoms with E-state index in [9.17, 15) is 5.11 Å². The Morgan fingerprint density at radius 2 is 1.97 bits per heavy atom. The van der Waals surface area contributed by atoms with Crippen molar-refractivity contribution in [1.29, 1.82) is 0 Å². The summed E-state index contributed by atoms with van der Waals surface area (Å²) in [6.07, 6.45) is 10.6. The molecular weight excluding hydrogens is 384 g/mol. The number of likely N-dealkylation sites (tertiary alicyclic amines) is 1. The van der Waals surface area contributed by atoms with E-state index in [2.05, 4.69) is 72.3 Å². The van der Waals surface area contributed by atoms with Crippen LogP contribution in [0.15, 0.2) is 47.1 Å². The molecule has 2 heterocycles. The Labute approximate surface area is 188 Å². The molecule has 2 fully saturated rings. The van der Waals surface area contributed by atoms with Crippen molar-refractivity contribution in [1.82, 2.24) is 15.1 Å². The first-order chi connectivity index (χ1) is 15.1. The predicted octanol–water partition coefficient (Wildman–Crippen LogP) is 4.64. The number of aliphatic imine (C=N–C) groups is 1. The van der Waals surface area contributed by atoms with Crippen molar-refractivity contribution < 1.29 is 5.11 Å².